The first-order valence-corrected chi connectivity index (χ1v) is 5.63. The molecule has 1 aromatic rings. The van der Waals surface area contributed by atoms with Gasteiger partial charge in [-0.15, -0.1) is 6.58 Å². The molecular weight excluding hydrogens is 216 g/mol. The third-order valence-electron chi connectivity index (χ3n) is 2.90. The van der Waals surface area contributed by atoms with E-state index >= 15 is 0 Å². The zero-order valence-electron chi connectivity index (χ0n) is 9.52. The molecule has 4 heteroatoms. The highest BCUT2D eigenvalue weighted by molar-refractivity contribution is 5.75. The number of aliphatic hydroxyl groups is 1. The molecule has 2 rings (SSSR count). The average Bonchev–Trinajstić information content (AvgIpc) is 2.64. The summed E-state index contributed by atoms with van der Waals surface area (Å²) in [5.74, 6) is 0. The number of carbonyl (C=O) groups excluding carboxylic acids is 1. The number of fused-ring (bicyclic) bond motifs is 1. The summed E-state index contributed by atoms with van der Waals surface area (Å²) >= 11 is 0. The molecular formula is C13H16N2O2. The van der Waals surface area contributed by atoms with Crippen LogP contribution in [0.3, 0.4) is 0 Å². The third-order valence-corrected chi connectivity index (χ3v) is 2.90. The van der Waals surface area contributed by atoms with Crippen LogP contribution in [-0.4, -0.2) is 23.8 Å². The lowest BCUT2D eigenvalue weighted by Crippen LogP contribution is -2.40. The monoisotopic (exact) mass is 232 g/mol. The Kier molecular flexibility index (Phi) is 3.44. The number of hydrogen-bond acceptors (Lipinski definition) is 2. The van der Waals surface area contributed by atoms with Gasteiger partial charge in [0.25, 0.3) is 0 Å². The van der Waals surface area contributed by atoms with Crippen molar-refractivity contribution in [2.24, 2.45) is 0 Å². The molecule has 0 spiro atoms. The normalized spacial score (nSPS) is 21.7. The molecule has 2 amide bonds. The molecule has 1 aliphatic rings. The van der Waals surface area contributed by atoms with Crippen LogP contribution in [0.4, 0.5) is 4.79 Å². The van der Waals surface area contributed by atoms with Crippen molar-refractivity contribution in [2.45, 2.75) is 18.6 Å². The molecule has 0 aromatic heterocycles. The van der Waals surface area contributed by atoms with Crippen molar-refractivity contribution < 1.29 is 9.90 Å². The second-order valence-corrected chi connectivity index (χ2v) is 4.09. The van der Waals surface area contributed by atoms with Crippen LogP contribution in [0.1, 0.15) is 17.2 Å². The van der Waals surface area contributed by atoms with Gasteiger partial charge in [0, 0.05) is 13.0 Å². The van der Waals surface area contributed by atoms with Crippen molar-refractivity contribution in [3.63, 3.8) is 0 Å². The summed E-state index contributed by atoms with van der Waals surface area (Å²) in [7, 11) is 0. The van der Waals surface area contributed by atoms with Gasteiger partial charge < -0.3 is 15.7 Å². The Morgan fingerprint density at radius 2 is 2.29 bits per heavy atom. The maximum absolute atomic E-state index is 11.5. The molecule has 1 aliphatic carbocycles. The molecule has 0 saturated carbocycles. The molecule has 0 fully saturated rings. The molecule has 17 heavy (non-hydrogen) atoms. The maximum Gasteiger partial charge on any atom is 0.315 e. The summed E-state index contributed by atoms with van der Waals surface area (Å²) in [6.45, 7) is 3.94. The number of hydrogen-bond donors (Lipinski definition) is 3. The number of benzene rings is 1. The number of nitrogens with one attached hydrogen (secondary N) is 2. The van der Waals surface area contributed by atoms with Gasteiger partial charge in [0.15, 0.2) is 0 Å². The zero-order chi connectivity index (χ0) is 12.3. The van der Waals surface area contributed by atoms with Crippen molar-refractivity contribution in [3.8, 4) is 0 Å². The van der Waals surface area contributed by atoms with Crippen LogP contribution in [0.15, 0.2) is 36.9 Å². The fourth-order valence-electron chi connectivity index (χ4n) is 2.11. The topological polar surface area (TPSA) is 61.4 Å². The van der Waals surface area contributed by atoms with Gasteiger partial charge in [-0.25, -0.2) is 4.79 Å². The van der Waals surface area contributed by atoms with Gasteiger partial charge in [-0.2, -0.15) is 0 Å². The van der Waals surface area contributed by atoms with Crippen LogP contribution in [0.5, 0.6) is 0 Å². The Balaban J connectivity index is 2.06. The SMILES string of the molecule is C=CCNC(=O)N[C@@H]1c2ccccc2C[C@@H]1O. The highest BCUT2D eigenvalue weighted by Gasteiger charge is 2.31. The molecule has 0 aliphatic heterocycles. The predicted octanol–water partition coefficient (Wildman–Crippen LogP) is 1.13. The first-order chi connectivity index (χ1) is 8.22. The number of aliphatic hydroxyl groups excluding tert-OH is 1. The van der Waals surface area contributed by atoms with Gasteiger partial charge in [-0.05, 0) is 11.1 Å². The minimum atomic E-state index is -0.554. The van der Waals surface area contributed by atoms with Crippen LogP contribution in [0, 0.1) is 0 Å². The van der Waals surface area contributed by atoms with Crippen molar-refractivity contribution in [1.82, 2.24) is 10.6 Å². The number of urea groups is 1. The second-order valence-electron chi connectivity index (χ2n) is 4.09. The van der Waals surface area contributed by atoms with E-state index in [0.29, 0.717) is 13.0 Å². The highest BCUT2D eigenvalue weighted by atomic mass is 16.3. The van der Waals surface area contributed by atoms with E-state index in [2.05, 4.69) is 17.2 Å². The Bertz CT molecular complexity index is 431. The van der Waals surface area contributed by atoms with Crippen molar-refractivity contribution >= 4 is 6.03 Å². The standard InChI is InChI=1S/C13H16N2O2/c1-2-7-14-13(17)15-12-10-6-4-3-5-9(10)8-11(12)16/h2-6,11-12,16H,1,7-8H2,(H2,14,15,17)/t11-,12+/m0/s1. The van der Waals surface area contributed by atoms with Crippen molar-refractivity contribution in [3.05, 3.63) is 48.0 Å². The Morgan fingerprint density at radius 3 is 3.06 bits per heavy atom. The van der Waals surface area contributed by atoms with Gasteiger partial charge >= 0.3 is 6.03 Å². The molecule has 0 radical (unpaired) electrons. The van der Waals surface area contributed by atoms with Gasteiger partial charge in [0.1, 0.15) is 0 Å². The lowest BCUT2D eigenvalue weighted by atomic mass is 10.1. The first-order valence-electron chi connectivity index (χ1n) is 5.63. The smallest absolute Gasteiger partial charge is 0.315 e. The van der Waals surface area contributed by atoms with Gasteiger partial charge in [-0.1, -0.05) is 30.3 Å². The molecule has 0 saturated heterocycles. The van der Waals surface area contributed by atoms with E-state index < -0.39 is 6.10 Å². The minimum Gasteiger partial charge on any atom is -0.390 e. The fraction of sp³-hybridized carbons (Fsp3) is 0.308. The molecule has 0 unspecified atom stereocenters. The first kappa shape index (κ1) is 11.7. The minimum absolute atomic E-state index is 0.286. The predicted molar refractivity (Wildman–Crippen MR) is 65.6 cm³/mol. The summed E-state index contributed by atoms with van der Waals surface area (Å²) in [6.07, 6.45) is 1.64. The molecule has 1 aromatic carbocycles. The van der Waals surface area contributed by atoms with Crippen LogP contribution in [0.25, 0.3) is 0 Å². The zero-order valence-corrected chi connectivity index (χ0v) is 9.52. The Morgan fingerprint density at radius 1 is 1.53 bits per heavy atom. The van der Waals surface area contributed by atoms with E-state index in [1.165, 1.54) is 0 Å². The average molecular weight is 232 g/mol. The summed E-state index contributed by atoms with van der Waals surface area (Å²) in [5.41, 5.74) is 2.09. The molecule has 0 bridgehead atoms. The van der Waals surface area contributed by atoms with E-state index in [0.717, 1.165) is 11.1 Å². The second kappa shape index (κ2) is 5.01. The Labute approximate surface area is 100 Å². The van der Waals surface area contributed by atoms with Gasteiger partial charge in [0.2, 0.25) is 0 Å². The fourth-order valence-corrected chi connectivity index (χ4v) is 2.11. The maximum atomic E-state index is 11.5. The van der Waals surface area contributed by atoms with Crippen LogP contribution < -0.4 is 10.6 Å². The summed E-state index contributed by atoms with van der Waals surface area (Å²) in [5, 5.41) is 15.3. The lowest BCUT2D eigenvalue weighted by molar-refractivity contribution is 0.142. The number of carbonyl (C=O) groups is 1. The lowest BCUT2D eigenvalue weighted by Gasteiger charge is -2.17. The highest BCUT2D eigenvalue weighted by Crippen LogP contribution is 2.30. The third kappa shape index (κ3) is 2.47. The van der Waals surface area contributed by atoms with Crippen molar-refractivity contribution in [1.29, 1.82) is 0 Å². The van der Waals surface area contributed by atoms with E-state index in [9.17, 15) is 9.90 Å². The molecule has 0 heterocycles. The summed E-state index contributed by atoms with van der Waals surface area (Å²) in [6, 6.07) is 7.15. The molecule has 90 valence electrons. The summed E-state index contributed by atoms with van der Waals surface area (Å²) in [4.78, 5) is 11.5. The summed E-state index contributed by atoms with van der Waals surface area (Å²) < 4.78 is 0. The van der Waals surface area contributed by atoms with Crippen LogP contribution in [0.2, 0.25) is 0 Å². The number of rotatable bonds is 3. The van der Waals surface area contributed by atoms with Gasteiger partial charge in [-0.3, -0.25) is 0 Å². The largest absolute Gasteiger partial charge is 0.390 e. The van der Waals surface area contributed by atoms with Gasteiger partial charge in [0.05, 0.1) is 12.1 Å². The van der Waals surface area contributed by atoms with E-state index in [1.54, 1.807) is 6.08 Å². The van der Waals surface area contributed by atoms with Crippen molar-refractivity contribution in [2.75, 3.05) is 6.54 Å². The van der Waals surface area contributed by atoms with E-state index in [1.807, 2.05) is 24.3 Å². The van der Waals surface area contributed by atoms with Crippen LogP contribution in [-0.2, 0) is 6.42 Å². The molecule has 2 atom stereocenters. The van der Waals surface area contributed by atoms with E-state index in [-0.39, 0.29) is 12.1 Å². The Hall–Kier alpha value is -1.81. The number of amides is 2. The molecule has 3 N–H and O–H groups in total. The van der Waals surface area contributed by atoms with E-state index in [4.69, 9.17) is 0 Å². The van der Waals surface area contributed by atoms with Crippen LogP contribution >= 0.6 is 0 Å². The molecule has 4 nitrogen and oxygen atoms in total. The quantitative estimate of drug-likeness (QED) is 0.684.